The summed E-state index contributed by atoms with van der Waals surface area (Å²) in [5.74, 6) is -0.103. The molecular weight excluding hydrogens is 321 g/mol. The van der Waals surface area contributed by atoms with Crippen molar-refractivity contribution in [3.05, 3.63) is 59.9 Å². The number of rotatable bonds is 5. The van der Waals surface area contributed by atoms with Gasteiger partial charge in [-0.1, -0.05) is 32.0 Å². The second kappa shape index (κ2) is 7.60. The third-order valence-corrected chi connectivity index (χ3v) is 4.06. The SMILES string of the molecule is CC(C)c1ccc(NC(=O)C2NNNC2Nc2cccc(F)c2)cc1. The van der Waals surface area contributed by atoms with Gasteiger partial charge in [0.05, 0.1) is 0 Å². The van der Waals surface area contributed by atoms with Gasteiger partial charge in [0.1, 0.15) is 18.0 Å². The lowest BCUT2D eigenvalue weighted by molar-refractivity contribution is -0.118. The highest BCUT2D eigenvalue weighted by Crippen LogP contribution is 2.18. The molecule has 132 valence electrons. The van der Waals surface area contributed by atoms with Gasteiger partial charge in [0.25, 0.3) is 0 Å². The van der Waals surface area contributed by atoms with Gasteiger partial charge < -0.3 is 10.6 Å². The van der Waals surface area contributed by atoms with Crippen LogP contribution >= 0.6 is 0 Å². The predicted molar refractivity (Wildman–Crippen MR) is 96.2 cm³/mol. The molecule has 5 N–H and O–H groups in total. The highest BCUT2D eigenvalue weighted by atomic mass is 19.1. The van der Waals surface area contributed by atoms with Gasteiger partial charge in [-0.25, -0.2) is 15.2 Å². The molecule has 1 heterocycles. The van der Waals surface area contributed by atoms with Gasteiger partial charge in [-0.3, -0.25) is 4.79 Å². The van der Waals surface area contributed by atoms with Crippen LogP contribution in [0.15, 0.2) is 48.5 Å². The molecule has 1 aliphatic rings. The van der Waals surface area contributed by atoms with Crippen LogP contribution in [0.1, 0.15) is 25.3 Å². The fourth-order valence-corrected chi connectivity index (χ4v) is 2.63. The van der Waals surface area contributed by atoms with Gasteiger partial charge in [0, 0.05) is 11.4 Å². The van der Waals surface area contributed by atoms with Crippen LogP contribution in [0, 0.1) is 5.82 Å². The van der Waals surface area contributed by atoms with E-state index in [2.05, 4.69) is 40.9 Å². The van der Waals surface area contributed by atoms with E-state index in [0.29, 0.717) is 11.6 Å². The van der Waals surface area contributed by atoms with Crippen LogP contribution < -0.4 is 27.0 Å². The molecule has 0 saturated carbocycles. The Morgan fingerprint density at radius 3 is 2.52 bits per heavy atom. The Balaban J connectivity index is 1.64. The van der Waals surface area contributed by atoms with Crippen LogP contribution in [-0.4, -0.2) is 18.1 Å². The fourth-order valence-electron chi connectivity index (χ4n) is 2.63. The molecule has 0 spiro atoms. The number of hydrogen-bond donors (Lipinski definition) is 5. The molecule has 3 rings (SSSR count). The largest absolute Gasteiger partial charge is 0.367 e. The minimum Gasteiger partial charge on any atom is -0.367 e. The van der Waals surface area contributed by atoms with Crippen LogP contribution in [0.2, 0.25) is 0 Å². The maximum absolute atomic E-state index is 13.3. The number of carbonyl (C=O) groups is 1. The van der Waals surface area contributed by atoms with E-state index in [1.165, 1.54) is 17.7 Å². The first-order valence-corrected chi connectivity index (χ1v) is 8.22. The molecular formula is C18H22FN5O. The Labute approximate surface area is 146 Å². The summed E-state index contributed by atoms with van der Waals surface area (Å²) >= 11 is 0. The van der Waals surface area contributed by atoms with Crippen molar-refractivity contribution in [1.29, 1.82) is 0 Å². The summed E-state index contributed by atoms with van der Waals surface area (Å²) in [7, 11) is 0. The summed E-state index contributed by atoms with van der Waals surface area (Å²) in [5, 5.41) is 5.97. The molecule has 0 radical (unpaired) electrons. The van der Waals surface area contributed by atoms with Crippen molar-refractivity contribution in [3.63, 3.8) is 0 Å². The van der Waals surface area contributed by atoms with Crippen LogP contribution in [0.4, 0.5) is 15.8 Å². The van der Waals surface area contributed by atoms with Crippen molar-refractivity contribution in [3.8, 4) is 0 Å². The molecule has 1 amide bonds. The van der Waals surface area contributed by atoms with Gasteiger partial charge in [0.2, 0.25) is 5.91 Å². The molecule has 1 saturated heterocycles. The maximum atomic E-state index is 13.3. The smallest absolute Gasteiger partial charge is 0.246 e. The maximum Gasteiger partial charge on any atom is 0.246 e. The van der Waals surface area contributed by atoms with Crippen LogP contribution in [0.3, 0.4) is 0 Å². The van der Waals surface area contributed by atoms with E-state index in [9.17, 15) is 9.18 Å². The minimum atomic E-state index is -0.576. The quantitative estimate of drug-likeness (QED) is 0.576. The van der Waals surface area contributed by atoms with Crippen LogP contribution in [-0.2, 0) is 4.79 Å². The number of halogens is 1. The zero-order valence-electron chi connectivity index (χ0n) is 14.1. The molecule has 25 heavy (non-hydrogen) atoms. The first kappa shape index (κ1) is 17.3. The summed E-state index contributed by atoms with van der Waals surface area (Å²) < 4.78 is 13.3. The number of nitrogens with one attached hydrogen (secondary N) is 5. The van der Waals surface area contributed by atoms with Gasteiger partial charge in [-0.05, 0) is 41.8 Å². The summed E-state index contributed by atoms with van der Waals surface area (Å²) in [6.45, 7) is 4.24. The fraction of sp³-hybridized carbons (Fsp3) is 0.278. The van der Waals surface area contributed by atoms with E-state index >= 15 is 0 Å². The molecule has 0 aliphatic carbocycles. The highest BCUT2D eigenvalue weighted by Gasteiger charge is 2.32. The van der Waals surface area contributed by atoms with Crippen LogP contribution in [0.5, 0.6) is 0 Å². The zero-order chi connectivity index (χ0) is 17.8. The first-order valence-electron chi connectivity index (χ1n) is 8.22. The zero-order valence-corrected chi connectivity index (χ0v) is 14.1. The van der Waals surface area contributed by atoms with E-state index in [0.717, 1.165) is 5.69 Å². The van der Waals surface area contributed by atoms with Gasteiger partial charge in [0.15, 0.2) is 0 Å². The van der Waals surface area contributed by atoms with Gasteiger partial charge >= 0.3 is 0 Å². The lowest BCUT2D eigenvalue weighted by atomic mass is 10.0. The Hall–Kier alpha value is -2.48. The van der Waals surface area contributed by atoms with Crippen molar-refractivity contribution >= 4 is 17.3 Å². The number of benzene rings is 2. The number of amides is 1. The van der Waals surface area contributed by atoms with Crippen LogP contribution in [0.25, 0.3) is 0 Å². The highest BCUT2D eigenvalue weighted by molar-refractivity contribution is 5.95. The topological polar surface area (TPSA) is 77.2 Å². The Morgan fingerprint density at radius 2 is 1.84 bits per heavy atom. The average molecular weight is 343 g/mol. The molecule has 2 aromatic carbocycles. The normalized spacial score (nSPS) is 19.8. The molecule has 6 nitrogen and oxygen atoms in total. The van der Waals surface area contributed by atoms with Crippen molar-refractivity contribution in [1.82, 2.24) is 16.4 Å². The van der Waals surface area contributed by atoms with Crippen molar-refractivity contribution < 1.29 is 9.18 Å². The molecule has 0 bridgehead atoms. The molecule has 1 aliphatic heterocycles. The predicted octanol–water partition coefficient (Wildman–Crippen LogP) is 2.31. The Morgan fingerprint density at radius 1 is 1.08 bits per heavy atom. The monoisotopic (exact) mass is 343 g/mol. The van der Waals surface area contributed by atoms with E-state index in [1.54, 1.807) is 12.1 Å². The van der Waals surface area contributed by atoms with E-state index < -0.39 is 12.2 Å². The molecule has 2 unspecified atom stereocenters. The van der Waals surface area contributed by atoms with Crippen molar-refractivity contribution in [2.24, 2.45) is 0 Å². The van der Waals surface area contributed by atoms with Crippen molar-refractivity contribution in [2.75, 3.05) is 10.6 Å². The molecule has 2 aromatic rings. The van der Waals surface area contributed by atoms with Gasteiger partial charge in [-0.15, -0.1) is 0 Å². The summed E-state index contributed by atoms with van der Waals surface area (Å²) in [5.41, 5.74) is 11.0. The van der Waals surface area contributed by atoms with E-state index in [4.69, 9.17) is 0 Å². The number of carbonyl (C=O) groups excluding carboxylic acids is 1. The average Bonchev–Trinajstić information content (AvgIpc) is 3.03. The lowest BCUT2D eigenvalue weighted by Gasteiger charge is -2.20. The second-order valence-electron chi connectivity index (χ2n) is 6.29. The molecule has 2 atom stereocenters. The molecule has 0 aromatic heterocycles. The Bertz CT molecular complexity index is 735. The van der Waals surface area contributed by atoms with Crippen molar-refractivity contribution in [2.45, 2.75) is 32.0 Å². The molecule has 1 fully saturated rings. The molecule has 7 heteroatoms. The summed E-state index contributed by atoms with van der Waals surface area (Å²) in [6.07, 6.45) is -0.434. The summed E-state index contributed by atoms with van der Waals surface area (Å²) in [4.78, 5) is 12.5. The first-order chi connectivity index (χ1) is 12.0. The third kappa shape index (κ3) is 4.33. The number of hydrogen-bond acceptors (Lipinski definition) is 5. The number of hydrazine groups is 2. The van der Waals surface area contributed by atoms with E-state index in [1.807, 2.05) is 24.3 Å². The second-order valence-corrected chi connectivity index (χ2v) is 6.29. The Kier molecular flexibility index (Phi) is 5.28. The number of anilines is 2. The minimum absolute atomic E-state index is 0.205. The van der Waals surface area contributed by atoms with Gasteiger partial charge in [-0.2, -0.15) is 5.53 Å². The summed E-state index contributed by atoms with van der Waals surface area (Å²) in [6, 6.07) is 13.3. The lowest BCUT2D eigenvalue weighted by Crippen LogP contribution is -2.47. The van der Waals surface area contributed by atoms with E-state index in [-0.39, 0.29) is 11.7 Å². The third-order valence-electron chi connectivity index (χ3n) is 4.06. The standard InChI is InChI=1S/C18H22FN5O/c1-11(2)12-6-8-14(9-7-12)21-18(25)16-17(23-24-22-16)20-15-5-3-4-13(19)10-15/h3-11,16-17,20,22-24H,1-2H3,(H,21,25).